The number of benzene rings is 1. The van der Waals surface area contributed by atoms with Crippen molar-refractivity contribution in [3.8, 4) is 0 Å². The molecule has 1 aromatic rings. The van der Waals surface area contributed by atoms with E-state index in [9.17, 15) is 9.50 Å². The van der Waals surface area contributed by atoms with Crippen molar-refractivity contribution in [2.75, 3.05) is 18.0 Å². The number of hydrogen-bond donors (Lipinski definition) is 1. The molecular weight excluding hydrogens is 249 g/mol. The van der Waals surface area contributed by atoms with Crippen LogP contribution in [0.25, 0.3) is 0 Å². The Balaban J connectivity index is 2.32. The Morgan fingerprint density at radius 2 is 1.94 bits per heavy atom. The Kier molecular flexibility index (Phi) is 4.17. The van der Waals surface area contributed by atoms with Crippen LogP contribution in [0.15, 0.2) is 18.2 Å². The van der Waals surface area contributed by atoms with E-state index in [-0.39, 0.29) is 5.82 Å². The van der Waals surface area contributed by atoms with Gasteiger partial charge in [0.2, 0.25) is 0 Å². The highest BCUT2D eigenvalue weighted by Crippen LogP contribution is 2.33. The molecule has 3 atom stereocenters. The molecule has 1 saturated heterocycles. The summed E-state index contributed by atoms with van der Waals surface area (Å²) in [6.45, 7) is 7.99. The molecule has 1 fully saturated rings. The first-order valence-electron chi connectivity index (χ1n) is 6.35. The summed E-state index contributed by atoms with van der Waals surface area (Å²) < 4.78 is 13.3. The van der Waals surface area contributed by atoms with E-state index in [1.54, 1.807) is 13.0 Å². The van der Waals surface area contributed by atoms with E-state index in [2.05, 4.69) is 18.7 Å². The largest absolute Gasteiger partial charge is 0.389 e. The highest BCUT2D eigenvalue weighted by atomic mass is 32.2. The summed E-state index contributed by atoms with van der Waals surface area (Å²) in [6, 6.07) is 4.70. The van der Waals surface area contributed by atoms with E-state index >= 15 is 0 Å². The molecule has 0 bridgehead atoms. The third-order valence-corrected chi connectivity index (χ3v) is 4.43. The summed E-state index contributed by atoms with van der Waals surface area (Å²) in [7, 11) is 0. The summed E-state index contributed by atoms with van der Waals surface area (Å²) in [4.78, 5) is 2.26. The molecular formula is C14H20FNOS. The molecule has 0 saturated carbocycles. The van der Waals surface area contributed by atoms with Crippen LogP contribution in [0.1, 0.15) is 32.4 Å². The van der Waals surface area contributed by atoms with E-state index in [0.29, 0.717) is 16.1 Å². The molecule has 100 valence electrons. The van der Waals surface area contributed by atoms with Crippen molar-refractivity contribution >= 4 is 17.4 Å². The molecule has 1 aromatic carbocycles. The van der Waals surface area contributed by atoms with Crippen molar-refractivity contribution < 1.29 is 9.50 Å². The summed E-state index contributed by atoms with van der Waals surface area (Å²) in [5, 5.41) is 10.9. The van der Waals surface area contributed by atoms with Gasteiger partial charge in [-0.25, -0.2) is 4.39 Å². The third-order valence-electron chi connectivity index (χ3n) is 3.20. The van der Waals surface area contributed by atoms with E-state index in [4.69, 9.17) is 0 Å². The predicted octanol–water partition coefficient (Wildman–Crippen LogP) is 3.21. The van der Waals surface area contributed by atoms with E-state index in [1.807, 2.05) is 11.8 Å². The van der Waals surface area contributed by atoms with Crippen molar-refractivity contribution in [3.63, 3.8) is 0 Å². The maximum Gasteiger partial charge on any atom is 0.123 e. The van der Waals surface area contributed by atoms with Crippen LogP contribution in [-0.2, 0) is 0 Å². The van der Waals surface area contributed by atoms with Gasteiger partial charge in [0.25, 0.3) is 0 Å². The predicted molar refractivity (Wildman–Crippen MR) is 75.8 cm³/mol. The fourth-order valence-electron chi connectivity index (χ4n) is 2.52. The number of aliphatic hydroxyl groups excluding tert-OH is 1. The first kappa shape index (κ1) is 13.7. The van der Waals surface area contributed by atoms with Crippen molar-refractivity contribution in [3.05, 3.63) is 29.6 Å². The van der Waals surface area contributed by atoms with Gasteiger partial charge in [-0.05, 0) is 25.1 Å². The second-order valence-electron chi connectivity index (χ2n) is 5.04. The molecule has 0 amide bonds. The van der Waals surface area contributed by atoms with E-state index in [0.717, 1.165) is 18.8 Å². The minimum Gasteiger partial charge on any atom is -0.389 e. The molecule has 0 aliphatic carbocycles. The fourth-order valence-corrected chi connectivity index (χ4v) is 3.85. The molecule has 1 aliphatic heterocycles. The lowest BCUT2D eigenvalue weighted by Gasteiger charge is -2.37. The molecule has 2 rings (SSSR count). The minimum absolute atomic E-state index is 0.290. The van der Waals surface area contributed by atoms with Crippen LogP contribution in [0.3, 0.4) is 0 Å². The molecule has 1 aliphatic rings. The van der Waals surface area contributed by atoms with Crippen LogP contribution in [0, 0.1) is 5.82 Å². The van der Waals surface area contributed by atoms with Gasteiger partial charge in [0.05, 0.1) is 6.10 Å². The fraction of sp³-hybridized carbons (Fsp3) is 0.571. The molecule has 1 N–H and O–H groups in total. The second-order valence-corrected chi connectivity index (χ2v) is 6.92. The SMILES string of the molecule is CC1CN(c2ccc(F)cc2[C@H](C)O)CC(C)S1. The van der Waals surface area contributed by atoms with Gasteiger partial charge in [0, 0.05) is 34.8 Å². The van der Waals surface area contributed by atoms with Gasteiger partial charge in [-0.3, -0.25) is 0 Å². The first-order valence-corrected chi connectivity index (χ1v) is 7.29. The van der Waals surface area contributed by atoms with Crippen molar-refractivity contribution in [2.24, 2.45) is 0 Å². The average molecular weight is 269 g/mol. The molecule has 0 spiro atoms. The zero-order valence-corrected chi connectivity index (χ0v) is 11.9. The van der Waals surface area contributed by atoms with Crippen molar-refractivity contribution in [2.45, 2.75) is 37.4 Å². The Hall–Kier alpha value is -0.740. The topological polar surface area (TPSA) is 23.5 Å². The van der Waals surface area contributed by atoms with E-state index in [1.165, 1.54) is 12.1 Å². The molecule has 18 heavy (non-hydrogen) atoms. The summed E-state index contributed by atoms with van der Waals surface area (Å²) in [5.74, 6) is -0.290. The number of nitrogens with zero attached hydrogens (tertiary/aromatic N) is 1. The number of anilines is 1. The van der Waals surface area contributed by atoms with Gasteiger partial charge in [0.15, 0.2) is 0 Å². The van der Waals surface area contributed by atoms with Crippen LogP contribution in [0.4, 0.5) is 10.1 Å². The lowest BCUT2D eigenvalue weighted by Crippen LogP contribution is -2.41. The zero-order chi connectivity index (χ0) is 13.3. The highest BCUT2D eigenvalue weighted by molar-refractivity contribution is 8.00. The van der Waals surface area contributed by atoms with Crippen LogP contribution < -0.4 is 4.90 Å². The smallest absolute Gasteiger partial charge is 0.123 e. The van der Waals surface area contributed by atoms with Crippen molar-refractivity contribution in [1.82, 2.24) is 0 Å². The molecule has 1 heterocycles. The maximum absolute atomic E-state index is 13.3. The molecule has 2 nitrogen and oxygen atoms in total. The van der Waals surface area contributed by atoms with Gasteiger partial charge in [0.1, 0.15) is 5.82 Å². The lowest BCUT2D eigenvalue weighted by molar-refractivity contribution is 0.199. The Bertz CT molecular complexity index is 414. The van der Waals surface area contributed by atoms with Gasteiger partial charge < -0.3 is 10.0 Å². The normalized spacial score (nSPS) is 26.2. The quantitative estimate of drug-likeness (QED) is 0.892. The monoisotopic (exact) mass is 269 g/mol. The maximum atomic E-state index is 13.3. The highest BCUT2D eigenvalue weighted by Gasteiger charge is 2.24. The van der Waals surface area contributed by atoms with Gasteiger partial charge in [-0.2, -0.15) is 11.8 Å². The number of hydrogen-bond acceptors (Lipinski definition) is 3. The molecule has 0 radical (unpaired) electrons. The standard InChI is InChI=1S/C14H20FNOS/c1-9-7-16(8-10(2)18-9)14-5-4-12(15)6-13(14)11(3)17/h4-6,9-11,17H,7-8H2,1-3H3/t9?,10?,11-/m0/s1. The summed E-state index contributed by atoms with van der Waals surface area (Å²) >= 11 is 1.98. The van der Waals surface area contributed by atoms with Crippen LogP contribution >= 0.6 is 11.8 Å². The van der Waals surface area contributed by atoms with Crippen LogP contribution in [0.2, 0.25) is 0 Å². The Morgan fingerprint density at radius 3 is 2.50 bits per heavy atom. The molecule has 2 unspecified atom stereocenters. The number of aliphatic hydroxyl groups is 1. The average Bonchev–Trinajstić information content (AvgIpc) is 2.27. The second kappa shape index (κ2) is 5.49. The number of thioether (sulfide) groups is 1. The Morgan fingerprint density at radius 1 is 1.33 bits per heavy atom. The number of halogens is 1. The molecule has 4 heteroatoms. The minimum atomic E-state index is -0.643. The van der Waals surface area contributed by atoms with Crippen LogP contribution in [0.5, 0.6) is 0 Å². The van der Waals surface area contributed by atoms with Crippen molar-refractivity contribution in [1.29, 1.82) is 0 Å². The number of rotatable bonds is 2. The van der Waals surface area contributed by atoms with Gasteiger partial charge >= 0.3 is 0 Å². The first-order chi connectivity index (χ1) is 8.47. The Labute approximate surface area is 112 Å². The summed E-state index contributed by atoms with van der Waals surface area (Å²) in [6.07, 6.45) is -0.643. The summed E-state index contributed by atoms with van der Waals surface area (Å²) in [5.41, 5.74) is 1.65. The van der Waals surface area contributed by atoms with Gasteiger partial charge in [-0.15, -0.1) is 0 Å². The lowest BCUT2D eigenvalue weighted by atomic mass is 10.1. The van der Waals surface area contributed by atoms with Gasteiger partial charge in [-0.1, -0.05) is 13.8 Å². The zero-order valence-electron chi connectivity index (χ0n) is 11.1. The third kappa shape index (κ3) is 2.98. The molecule has 0 aromatic heterocycles. The van der Waals surface area contributed by atoms with E-state index < -0.39 is 6.10 Å². The van der Waals surface area contributed by atoms with Crippen LogP contribution in [-0.4, -0.2) is 28.7 Å².